The van der Waals surface area contributed by atoms with E-state index in [1.54, 1.807) is 12.0 Å². The Morgan fingerprint density at radius 1 is 1.00 bits per heavy atom. The van der Waals surface area contributed by atoms with E-state index in [1.807, 2.05) is 36.4 Å². The van der Waals surface area contributed by atoms with Gasteiger partial charge in [0.25, 0.3) is 0 Å². The zero-order chi connectivity index (χ0) is 22.7. The van der Waals surface area contributed by atoms with Crippen molar-refractivity contribution >= 4 is 26.8 Å². The second kappa shape index (κ2) is 9.13. The van der Waals surface area contributed by atoms with Crippen LogP contribution in [0.25, 0.3) is 10.8 Å². The minimum Gasteiger partial charge on any atom is -0.497 e. The van der Waals surface area contributed by atoms with Crippen molar-refractivity contribution in [1.29, 1.82) is 0 Å². The predicted molar refractivity (Wildman–Crippen MR) is 119 cm³/mol. The largest absolute Gasteiger partial charge is 0.497 e. The molecule has 4 rings (SSSR count). The van der Waals surface area contributed by atoms with Crippen LogP contribution in [0.5, 0.6) is 5.75 Å². The van der Waals surface area contributed by atoms with Gasteiger partial charge in [-0.1, -0.05) is 30.3 Å². The van der Waals surface area contributed by atoms with Crippen LogP contribution < -0.4 is 10.1 Å². The van der Waals surface area contributed by atoms with E-state index in [2.05, 4.69) is 5.32 Å². The second-order valence-electron chi connectivity index (χ2n) is 7.53. The molecule has 1 heterocycles. The molecule has 0 saturated carbocycles. The summed E-state index contributed by atoms with van der Waals surface area (Å²) in [5.74, 6) is 0.0104. The maximum atomic E-state index is 14.0. The fraction of sp³-hybridized carbons (Fsp3) is 0.261. The summed E-state index contributed by atoms with van der Waals surface area (Å²) in [6, 6.07) is 16.8. The maximum Gasteiger partial charge on any atom is 0.317 e. The van der Waals surface area contributed by atoms with Crippen molar-refractivity contribution in [2.75, 3.05) is 33.3 Å². The van der Waals surface area contributed by atoms with Crippen molar-refractivity contribution in [3.05, 3.63) is 72.0 Å². The van der Waals surface area contributed by atoms with Crippen molar-refractivity contribution in [3.63, 3.8) is 0 Å². The zero-order valence-corrected chi connectivity index (χ0v) is 18.4. The summed E-state index contributed by atoms with van der Waals surface area (Å²) < 4.78 is 45.8. The number of nitrogens with one attached hydrogen (secondary N) is 1. The Labute approximate surface area is 186 Å². The number of ether oxygens (including phenoxy) is 1. The van der Waals surface area contributed by atoms with Gasteiger partial charge in [0.1, 0.15) is 16.5 Å². The second-order valence-corrected chi connectivity index (χ2v) is 9.43. The quantitative estimate of drug-likeness (QED) is 0.638. The topological polar surface area (TPSA) is 79.0 Å². The minimum atomic E-state index is -3.93. The van der Waals surface area contributed by atoms with E-state index in [0.29, 0.717) is 6.54 Å². The molecule has 9 heteroatoms. The summed E-state index contributed by atoms with van der Waals surface area (Å²) in [5, 5.41) is 4.98. The number of hydrogen-bond donors (Lipinski definition) is 1. The highest BCUT2D eigenvalue weighted by Crippen LogP contribution is 2.22. The lowest BCUT2D eigenvalue weighted by Gasteiger charge is -2.34. The molecular formula is C23H24FN3O4S. The van der Waals surface area contributed by atoms with Gasteiger partial charge in [0.2, 0.25) is 10.0 Å². The van der Waals surface area contributed by atoms with Crippen LogP contribution in [0.3, 0.4) is 0 Å². The number of carbonyl (C=O) groups excluding carboxylic acids is 1. The molecule has 3 aromatic carbocycles. The molecule has 1 fully saturated rings. The van der Waals surface area contributed by atoms with Crippen molar-refractivity contribution in [2.24, 2.45) is 0 Å². The molecule has 2 amide bonds. The summed E-state index contributed by atoms with van der Waals surface area (Å²) in [6.45, 7) is 1.05. The number of rotatable bonds is 5. The normalized spacial score (nSPS) is 15.0. The average molecular weight is 458 g/mol. The van der Waals surface area contributed by atoms with Crippen molar-refractivity contribution in [2.45, 2.75) is 11.4 Å². The predicted octanol–water partition coefficient (Wildman–Crippen LogP) is 3.20. The fourth-order valence-corrected chi connectivity index (χ4v) is 5.21. The molecule has 168 valence electrons. The van der Waals surface area contributed by atoms with Crippen LogP contribution in [0.1, 0.15) is 5.56 Å². The van der Waals surface area contributed by atoms with Gasteiger partial charge >= 0.3 is 6.03 Å². The standard InChI is InChI=1S/C23H24FN3O4S/c1-31-20-9-8-18-14-17(6-7-19(18)15-20)16-25-23(28)26-10-12-27(13-11-26)32(29,30)22-5-3-2-4-21(22)24/h2-9,14-15H,10-13,16H2,1H3,(H,25,28). The summed E-state index contributed by atoms with van der Waals surface area (Å²) in [6.07, 6.45) is 0. The van der Waals surface area contributed by atoms with Crippen LogP contribution in [-0.4, -0.2) is 56.9 Å². The number of amides is 2. The molecule has 1 aliphatic heterocycles. The third-order valence-electron chi connectivity index (χ3n) is 5.54. The van der Waals surface area contributed by atoms with Crippen LogP contribution in [0.15, 0.2) is 65.6 Å². The van der Waals surface area contributed by atoms with E-state index in [-0.39, 0.29) is 37.1 Å². The molecular weight excluding hydrogens is 433 g/mol. The Morgan fingerprint density at radius 2 is 1.69 bits per heavy atom. The highest BCUT2D eigenvalue weighted by Gasteiger charge is 2.31. The molecule has 7 nitrogen and oxygen atoms in total. The Kier molecular flexibility index (Phi) is 6.29. The van der Waals surface area contributed by atoms with Crippen molar-refractivity contribution in [3.8, 4) is 5.75 Å². The van der Waals surface area contributed by atoms with E-state index < -0.39 is 15.8 Å². The SMILES string of the molecule is COc1ccc2cc(CNC(=O)N3CCN(S(=O)(=O)c4ccccc4F)CC3)ccc2c1. The highest BCUT2D eigenvalue weighted by molar-refractivity contribution is 7.89. The van der Waals surface area contributed by atoms with Gasteiger partial charge in [-0.2, -0.15) is 4.31 Å². The lowest BCUT2D eigenvalue weighted by atomic mass is 10.1. The van der Waals surface area contributed by atoms with Gasteiger partial charge in [0, 0.05) is 32.7 Å². The van der Waals surface area contributed by atoms with E-state index in [0.717, 1.165) is 28.2 Å². The van der Waals surface area contributed by atoms with E-state index >= 15 is 0 Å². The Bertz CT molecular complexity index is 1240. The molecule has 0 unspecified atom stereocenters. The van der Waals surface area contributed by atoms with E-state index in [1.165, 1.54) is 22.5 Å². The van der Waals surface area contributed by atoms with Crippen LogP contribution >= 0.6 is 0 Å². The molecule has 0 bridgehead atoms. The Hall–Kier alpha value is -3.17. The first-order chi connectivity index (χ1) is 15.4. The van der Waals surface area contributed by atoms with E-state index in [9.17, 15) is 17.6 Å². The number of fused-ring (bicyclic) bond motifs is 1. The van der Waals surface area contributed by atoms with E-state index in [4.69, 9.17) is 4.74 Å². The molecule has 32 heavy (non-hydrogen) atoms. The first-order valence-corrected chi connectivity index (χ1v) is 11.7. The number of piperazine rings is 1. The molecule has 0 aromatic heterocycles. The zero-order valence-electron chi connectivity index (χ0n) is 17.6. The minimum absolute atomic E-state index is 0.113. The van der Waals surface area contributed by atoms with Crippen LogP contribution in [0, 0.1) is 5.82 Å². The average Bonchev–Trinajstić information content (AvgIpc) is 2.82. The summed E-state index contributed by atoms with van der Waals surface area (Å²) in [7, 11) is -2.31. The fourth-order valence-electron chi connectivity index (χ4n) is 3.72. The number of nitrogens with zero attached hydrogens (tertiary/aromatic N) is 2. The van der Waals surface area contributed by atoms with Gasteiger partial charge in [0.05, 0.1) is 7.11 Å². The number of urea groups is 1. The van der Waals surface area contributed by atoms with Crippen LogP contribution in [0.2, 0.25) is 0 Å². The highest BCUT2D eigenvalue weighted by atomic mass is 32.2. The molecule has 1 saturated heterocycles. The monoisotopic (exact) mass is 457 g/mol. The Balaban J connectivity index is 1.34. The molecule has 0 spiro atoms. The number of sulfonamides is 1. The van der Waals surface area contributed by atoms with Crippen molar-refractivity contribution < 1.29 is 22.3 Å². The van der Waals surface area contributed by atoms with Gasteiger partial charge in [-0.15, -0.1) is 0 Å². The molecule has 3 aromatic rings. The Morgan fingerprint density at radius 3 is 2.41 bits per heavy atom. The summed E-state index contributed by atoms with van der Waals surface area (Å²) in [5.41, 5.74) is 0.955. The van der Waals surface area contributed by atoms with Gasteiger partial charge in [-0.3, -0.25) is 0 Å². The number of methoxy groups -OCH3 is 1. The smallest absolute Gasteiger partial charge is 0.317 e. The third-order valence-corrected chi connectivity index (χ3v) is 7.47. The molecule has 0 atom stereocenters. The lowest BCUT2D eigenvalue weighted by molar-refractivity contribution is 0.172. The lowest BCUT2D eigenvalue weighted by Crippen LogP contribution is -2.53. The molecule has 0 radical (unpaired) electrons. The maximum absolute atomic E-state index is 14.0. The van der Waals surface area contributed by atoms with Crippen LogP contribution in [-0.2, 0) is 16.6 Å². The first kappa shape index (κ1) is 22.0. The molecule has 1 N–H and O–H groups in total. The van der Waals surface area contributed by atoms with Gasteiger partial charge in [-0.05, 0) is 46.7 Å². The molecule has 1 aliphatic rings. The van der Waals surface area contributed by atoms with Crippen LogP contribution in [0.4, 0.5) is 9.18 Å². The van der Waals surface area contributed by atoms with Gasteiger partial charge < -0.3 is 15.0 Å². The number of benzene rings is 3. The summed E-state index contributed by atoms with van der Waals surface area (Å²) >= 11 is 0. The van der Waals surface area contributed by atoms with Gasteiger partial charge in [-0.25, -0.2) is 17.6 Å². The third kappa shape index (κ3) is 4.53. The number of hydrogen-bond acceptors (Lipinski definition) is 4. The number of halogens is 1. The van der Waals surface area contributed by atoms with Crippen molar-refractivity contribution in [1.82, 2.24) is 14.5 Å². The number of carbonyl (C=O) groups is 1. The first-order valence-electron chi connectivity index (χ1n) is 10.2. The molecule has 0 aliphatic carbocycles. The van der Waals surface area contributed by atoms with Gasteiger partial charge in [0.15, 0.2) is 0 Å². The summed E-state index contributed by atoms with van der Waals surface area (Å²) in [4.78, 5) is 13.8.